The number of nitrogens with zero attached hydrogens (tertiary/aromatic N) is 2. The Labute approximate surface area is 121 Å². The second-order valence-electron chi connectivity index (χ2n) is 5.80. The number of anilines is 1. The van der Waals surface area contributed by atoms with E-state index in [1.165, 1.54) is 24.1 Å². The lowest BCUT2D eigenvalue weighted by molar-refractivity contribution is -0.139. The van der Waals surface area contributed by atoms with E-state index in [1.54, 1.807) is 0 Å². The van der Waals surface area contributed by atoms with Gasteiger partial charge >= 0.3 is 5.97 Å². The van der Waals surface area contributed by atoms with Crippen molar-refractivity contribution < 1.29 is 9.90 Å². The van der Waals surface area contributed by atoms with Gasteiger partial charge in [0.15, 0.2) is 0 Å². The largest absolute Gasteiger partial charge is 0.480 e. The number of benzene rings is 1. The highest BCUT2D eigenvalue weighted by Gasteiger charge is 2.24. The van der Waals surface area contributed by atoms with E-state index in [9.17, 15) is 4.79 Å². The molecule has 0 radical (unpaired) electrons. The minimum absolute atomic E-state index is 0.139. The lowest BCUT2D eigenvalue weighted by atomic mass is 10.1. The van der Waals surface area contributed by atoms with Gasteiger partial charge in [-0.2, -0.15) is 0 Å². The second kappa shape index (κ2) is 6.75. The van der Waals surface area contributed by atoms with E-state index in [-0.39, 0.29) is 6.54 Å². The molecule has 0 bridgehead atoms. The molecule has 1 aliphatic carbocycles. The maximum absolute atomic E-state index is 11.1. The van der Waals surface area contributed by atoms with Crippen LogP contribution >= 0.6 is 0 Å². The Morgan fingerprint density at radius 3 is 2.30 bits per heavy atom. The molecule has 1 aliphatic rings. The van der Waals surface area contributed by atoms with Gasteiger partial charge in [0.1, 0.15) is 0 Å². The normalized spacial score (nSPS) is 15.8. The lowest BCUT2D eigenvalue weighted by Crippen LogP contribution is -2.37. The van der Waals surface area contributed by atoms with Crippen LogP contribution in [0.2, 0.25) is 0 Å². The molecule has 1 fully saturated rings. The number of carbonyl (C=O) groups is 1. The molecule has 110 valence electrons. The minimum atomic E-state index is -0.734. The summed E-state index contributed by atoms with van der Waals surface area (Å²) in [5, 5.41) is 9.09. The summed E-state index contributed by atoms with van der Waals surface area (Å²) in [5.74, 6) is -0.734. The number of hydrogen-bond acceptors (Lipinski definition) is 3. The first-order chi connectivity index (χ1) is 9.56. The predicted molar refractivity (Wildman–Crippen MR) is 81.1 cm³/mol. The molecular weight excluding hydrogens is 252 g/mol. The molecule has 0 aromatic heterocycles. The molecule has 4 heteroatoms. The van der Waals surface area contributed by atoms with E-state index in [4.69, 9.17) is 5.11 Å². The van der Waals surface area contributed by atoms with E-state index in [2.05, 4.69) is 34.1 Å². The van der Waals surface area contributed by atoms with E-state index < -0.39 is 5.97 Å². The average Bonchev–Trinajstić information content (AvgIpc) is 2.92. The molecular formula is C16H24N2O2. The molecule has 2 rings (SSSR count). The Morgan fingerprint density at radius 2 is 1.80 bits per heavy atom. The zero-order chi connectivity index (χ0) is 14.5. The van der Waals surface area contributed by atoms with Gasteiger partial charge in [-0.05, 0) is 30.5 Å². The summed E-state index contributed by atoms with van der Waals surface area (Å²) >= 11 is 0. The van der Waals surface area contributed by atoms with Gasteiger partial charge in [-0.25, -0.2) is 0 Å². The van der Waals surface area contributed by atoms with Crippen molar-refractivity contribution in [1.82, 2.24) is 4.90 Å². The van der Waals surface area contributed by atoms with Gasteiger partial charge < -0.3 is 10.0 Å². The molecule has 0 saturated heterocycles. The van der Waals surface area contributed by atoms with Crippen molar-refractivity contribution in [3.05, 3.63) is 29.8 Å². The standard InChI is InChI=1S/C16H24N2O2/c1-17(2)14-9-7-13(8-10-14)11-18(12-16(19)20)15-5-3-4-6-15/h7-10,15H,3-6,11-12H2,1-2H3,(H,19,20). The van der Waals surface area contributed by atoms with Gasteiger partial charge in [0.2, 0.25) is 0 Å². The van der Waals surface area contributed by atoms with Crippen molar-refractivity contribution in [3.63, 3.8) is 0 Å². The molecule has 0 aliphatic heterocycles. The SMILES string of the molecule is CN(C)c1ccc(CN(CC(=O)O)C2CCCC2)cc1. The van der Waals surface area contributed by atoms with Crippen LogP contribution in [0.1, 0.15) is 31.2 Å². The summed E-state index contributed by atoms with van der Waals surface area (Å²) < 4.78 is 0. The van der Waals surface area contributed by atoms with E-state index in [1.807, 2.05) is 14.1 Å². The summed E-state index contributed by atoms with van der Waals surface area (Å²) in [7, 11) is 4.04. The zero-order valence-electron chi connectivity index (χ0n) is 12.4. The summed E-state index contributed by atoms with van der Waals surface area (Å²) in [5.41, 5.74) is 2.35. The van der Waals surface area contributed by atoms with Crippen LogP contribution in [0.4, 0.5) is 5.69 Å². The van der Waals surface area contributed by atoms with Gasteiger partial charge in [-0.15, -0.1) is 0 Å². The smallest absolute Gasteiger partial charge is 0.317 e. The van der Waals surface area contributed by atoms with Crippen LogP contribution in [-0.4, -0.2) is 42.7 Å². The third kappa shape index (κ3) is 3.97. The van der Waals surface area contributed by atoms with Gasteiger partial charge in [-0.3, -0.25) is 9.69 Å². The van der Waals surface area contributed by atoms with Crippen molar-refractivity contribution in [2.24, 2.45) is 0 Å². The Bertz CT molecular complexity index is 436. The monoisotopic (exact) mass is 276 g/mol. The molecule has 1 aromatic rings. The van der Waals surface area contributed by atoms with Crippen molar-refractivity contribution in [3.8, 4) is 0 Å². The number of carboxylic acids is 1. The summed E-state index contributed by atoms with van der Waals surface area (Å²) in [6, 6.07) is 8.80. The third-order valence-corrected chi connectivity index (χ3v) is 4.02. The van der Waals surface area contributed by atoms with E-state index >= 15 is 0 Å². The highest BCUT2D eigenvalue weighted by molar-refractivity contribution is 5.69. The van der Waals surface area contributed by atoms with Gasteiger partial charge in [0.05, 0.1) is 6.54 Å². The van der Waals surface area contributed by atoms with Gasteiger partial charge in [-0.1, -0.05) is 25.0 Å². The fourth-order valence-electron chi connectivity index (χ4n) is 2.89. The highest BCUT2D eigenvalue weighted by Crippen LogP contribution is 2.25. The van der Waals surface area contributed by atoms with Gasteiger partial charge in [0.25, 0.3) is 0 Å². The lowest BCUT2D eigenvalue weighted by Gasteiger charge is -2.27. The fourth-order valence-corrected chi connectivity index (χ4v) is 2.89. The quantitative estimate of drug-likeness (QED) is 0.867. The van der Waals surface area contributed by atoms with Crippen molar-refractivity contribution in [1.29, 1.82) is 0 Å². The molecule has 20 heavy (non-hydrogen) atoms. The molecule has 0 atom stereocenters. The number of carboxylic acid groups (broad SMARTS) is 1. The highest BCUT2D eigenvalue weighted by atomic mass is 16.4. The van der Waals surface area contributed by atoms with Crippen LogP contribution < -0.4 is 4.90 Å². The Hall–Kier alpha value is -1.55. The number of rotatable bonds is 6. The van der Waals surface area contributed by atoms with Crippen molar-refractivity contribution >= 4 is 11.7 Å². The number of aliphatic carboxylic acids is 1. The molecule has 4 nitrogen and oxygen atoms in total. The molecule has 0 spiro atoms. The van der Waals surface area contributed by atoms with Crippen LogP contribution in [0.3, 0.4) is 0 Å². The number of hydrogen-bond donors (Lipinski definition) is 1. The van der Waals surface area contributed by atoms with Crippen LogP contribution in [0, 0.1) is 0 Å². The Kier molecular flexibility index (Phi) is 5.01. The second-order valence-corrected chi connectivity index (χ2v) is 5.80. The topological polar surface area (TPSA) is 43.8 Å². The Balaban J connectivity index is 2.04. The van der Waals surface area contributed by atoms with Crippen LogP contribution in [0.25, 0.3) is 0 Å². The minimum Gasteiger partial charge on any atom is -0.480 e. The molecule has 1 saturated carbocycles. The maximum Gasteiger partial charge on any atom is 0.317 e. The summed E-state index contributed by atoms with van der Waals surface area (Å²) in [6.07, 6.45) is 4.70. The van der Waals surface area contributed by atoms with E-state index in [0.29, 0.717) is 6.04 Å². The third-order valence-electron chi connectivity index (χ3n) is 4.02. The predicted octanol–water partition coefficient (Wildman–Crippen LogP) is 2.58. The first-order valence-corrected chi connectivity index (χ1v) is 7.28. The first kappa shape index (κ1) is 14.9. The molecule has 0 amide bonds. The summed E-state index contributed by atoms with van der Waals surface area (Å²) in [6.45, 7) is 0.866. The molecule has 1 aromatic carbocycles. The van der Waals surface area contributed by atoms with Gasteiger partial charge in [0, 0.05) is 32.4 Å². The zero-order valence-corrected chi connectivity index (χ0v) is 12.4. The first-order valence-electron chi connectivity index (χ1n) is 7.28. The van der Waals surface area contributed by atoms with E-state index in [0.717, 1.165) is 19.4 Å². The Morgan fingerprint density at radius 1 is 1.20 bits per heavy atom. The molecule has 1 N–H and O–H groups in total. The van der Waals surface area contributed by atoms with Crippen LogP contribution in [0.5, 0.6) is 0 Å². The van der Waals surface area contributed by atoms with Crippen LogP contribution in [-0.2, 0) is 11.3 Å². The molecule has 0 unspecified atom stereocenters. The summed E-state index contributed by atoms with van der Waals surface area (Å²) in [4.78, 5) is 15.2. The average molecular weight is 276 g/mol. The fraction of sp³-hybridized carbons (Fsp3) is 0.562. The van der Waals surface area contributed by atoms with Crippen molar-refractivity contribution in [2.75, 3.05) is 25.5 Å². The van der Waals surface area contributed by atoms with Crippen LogP contribution in [0.15, 0.2) is 24.3 Å². The maximum atomic E-state index is 11.1. The molecule has 0 heterocycles. The van der Waals surface area contributed by atoms with Crippen molar-refractivity contribution in [2.45, 2.75) is 38.3 Å².